The average Bonchev–Trinajstić information content (AvgIpc) is 3.48. The summed E-state index contributed by atoms with van der Waals surface area (Å²) in [5.41, 5.74) is 6.48. The molecule has 3 aromatic carbocycles. The fourth-order valence-corrected chi connectivity index (χ4v) is 4.17. The summed E-state index contributed by atoms with van der Waals surface area (Å²) in [5, 5.41) is 4.86. The number of nitrogens with zero attached hydrogens (tertiary/aromatic N) is 4. The van der Waals surface area contributed by atoms with Crippen LogP contribution in [0.3, 0.4) is 0 Å². The van der Waals surface area contributed by atoms with Crippen molar-refractivity contribution < 1.29 is 9.53 Å². The molecule has 6 heteroatoms. The molecule has 5 aromatic rings. The molecule has 6 rings (SSSR count). The number of benzene rings is 3. The van der Waals surface area contributed by atoms with Gasteiger partial charge in [-0.1, -0.05) is 60.2 Å². The van der Waals surface area contributed by atoms with Gasteiger partial charge in [0.25, 0.3) is 5.91 Å². The van der Waals surface area contributed by atoms with Crippen molar-refractivity contribution in [1.29, 1.82) is 0 Å². The Morgan fingerprint density at radius 3 is 2.50 bits per heavy atom. The van der Waals surface area contributed by atoms with Gasteiger partial charge >= 0.3 is 6.01 Å². The Morgan fingerprint density at radius 2 is 1.69 bits per heavy atom. The number of hydrogen-bond acceptors (Lipinski definition) is 4. The van der Waals surface area contributed by atoms with Crippen molar-refractivity contribution >= 4 is 16.9 Å². The quantitative estimate of drug-likeness (QED) is 0.417. The Morgan fingerprint density at radius 1 is 0.938 bits per heavy atom. The molecule has 0 radical (unpaired) electrons. The summed E-state index contributed by atoms with van der Waals surface area (Å²) in [7, 11) is 0. The maximum atomic E-state index is 13.2. The van der Waals surface area contributed by atoms with E-state index in [1.807, 2.05) is 65.5 Å². The van der Waals surface area contributed by atoms with Gasteiger partial charge in [0.15, 0.2) is 6.10 Å². The van der Waals surface area contributed by atoms with Gasteiger partial charge in [0.2, 0.25) is 0 Å². The van der Waals surface area contributed by atoms with Gasteiger partial charge < -0.3 is 4.74 Å². The smallest absolute Gasteiger partial charge is 0.305 e. The summed E-state index contributed by atoms with van der Waals surface area (Å²) in [6.45, 7) is 2.06. The van der Waals surface area contributed by atoms with Crippen LogP contribution in [0.4, 0.5) is 0 Å². The maximum absolute atomic E-state index is 13.2. The van der Waals surface area contributed by atoms with Crippen molar-refractivity contribution in [2.75, 3.05) is 0 Å². The molecular formula is C26H20N4O2. The summed E-state index contributed by atoms with van der Waals surface area (Å²) < 4.78 is 9.43. The molecule has 0 saturated carbocycles. The van der Waals surface area contributed by atoms with E-state index in [1.165, 1.54) is 5.56 Å². The van der Waals surface area contributed by atoms with Crippen LogP contribution in [0.5, 0.6) is 6.01 Å². The summed E-state index contributed by atoms with van der Waals surface area (Å²) in [6, 6.07) is 26.1. The Labute approximate surface area is 184 Å². The van der Waals surface area contributed by atoms with Gasteiger partial charge in [0.1, 0.15) is 0 Å². The van der Waals surface area contributed by atoms with Gasteiger partial charge in [-0.05, 0) is 31.2 Å². The summed E-state index contributed by atoms with van der Waals surface area (Å²) in [6.07, 6.45) is 1.76. The van der Waals surface area contributed by atoms with Crippen molar-refractivity contribution in [3.05, 3.63) is 96.2 Å². The standard InChI is InChI=1S/C26H20N4O2/c1-17-11-13-18(14-12-17)24-19(16-29(28-24)20-7-3-2-4-8-20)15-23-25(31)30-22-10-6-5-9-21(22)27-26(30)32-23/h2-14,16,23H,15H2,1H3. The van der Waals surface area contributed by atoms with Gasteiger partial charge in [-0.15, -0.1) is 0 Å². The molecule has 0 N–H and O–H groups in total. The van der Waals surface area contributed by atoms with Crippen LogP contribution in [-0.4, -0.2) is 31.3 Å². The zero-order chi connectivity index (χ0) is 21.7. The van der Waals surface area contributed by atoms with E-state index >= 15 is 0 Å². The van der Waals surface area contributed by atoms with Crippen molar-refractivity contribution in [3.63, 3.8) is 0 Å². The van der Waals surface area contributed by atoms with Crippen molar-refractivity contribution in [1.82, 2.24) is 19.3 Å². The second-order valence-electron chi connectivity index (χ2n) is 8.02. The molecule has 156 valence electrons. The predicted molar refractivity (Wildman–Crippen MR) is 122 cm³/mol. The minimum atomic E-state index is -0.639. The molecule has 2 aromatic heterocycles. The van der Waals surface area contributed by atoms with Crippen molar-refractivity contribution in [2.24, 2.45) is 0 Å². The van der Waals surface area contributed by atoms with Crippen LogP contribution >= 0.6 is 0 Å². The van der Waals surface area contributed by atoms with Crippen LogP contribution in [0.1, 0.15) is 15.9 Å². The number of fused-ring (bicyclic) bond motifs is 3. The average molecular weight is 420 g/mol. The minimum Gasteiger partial charge on any atom is -0.450 e. The lowest BCUT2D eigenvalue weighted by Crippen LogP contribution is -2.26. The number of ether oxygens (including phenoxy) is 1. The van der Waals surface area contributed by atoms with Gasteiger partial charge in [-0.25, -0.2) is 9.25 Å². The van der Waals surface area contributed by atoms with Crippen LogP contribution in [0.2, 0.25) is 0 Å². The minimum absolute atomic E-state index is 0.101. The third-order valence-corrected chi connectivity index (χ3v) is 5.81. The number of rotatable bonds is 4. The molecule has 1 aliphatic heterocycles. The lowest BCUT2D eigenvalue weighted by Gasteiger charge is -2.08. The van der Waals surface area contributed by atoms with Gasteiger partial charge in [0.05, 0.1) is 22.4 Å². The summed E-state index contributed by atoms with van der Waals surface area (Å²) >= 11 is 0. The van der Waals surface area contributed by atoms with E-state index in [9.17, 15) is 4.79 Å². The number of hydrogen-bond donors (Lipinski definition) is 0. The zero-order valence-electron chi connectivity index (χ0n) is 17.5. The van der Waals surface area contributed by atoms with Gasteiger partial charge in [-0.2, -0.15) is 10.1 Å². The molecule has 0 saturated heterocycles. The monoisotopic (exact) mass is 420 g/mol. The lowest BCUT2D eigenvalue weighted by molar-refractivity contribution is 0.0811. The fraction of sp³-hybridized carbons (Fsp3) is 0.115. The van der Waals surface area contributed by atoms with Gasteiger partial charge in [0, 0.05) is 23.7 Å². The Kier molecular flexibility index (Phi) is 4.18. The number of para-hydroxylation sites is 3. The number of aromatic nitrogens is 4. The van der Waals surface area contributed by atoms with E-state index in [4.69, 9.17) is 9.84 Å². The number of carbonyl (C=O) groups excluding carboxylic acids is 1. The van der Waals surface area contributed by atoms with Crippen LogP contribution in [-0.2, 0) is 6.42 Å². The van der Waals surface area contributed by atoms with Crippen LogP contribution in [0.25, 0.3) is 28.0 Å². The van der Waals surface area contributed by atoms with E-state index in [2.05, 4.69) is 36.2 Å². The third-order valence-electron chi connectivity index (χ3n) is 5.81. The molecule has 1 unspecified atom stereocenters. The Bertz CT molecular complexity index is 1450. The molecule has 0 aliphatic carbocycles. The maximum Gasteiger partial charge on any atom is 0.305 e. The highest BCUT2D eigenvalue weighted by atomic mass is 16.5. The molecule has 0 spiro atoms. The zero-order valence-corrected chi connectivity index (χ0v) is 17.5. The number of imidazole rings is 1. The lowest BCUT2D eigenvalue weighted by atomic mass is 10.0. The number of carbonyl (C=O) groups is 1. The fourth-order valence-electron chi connectivity index (χ4n) is 4.17. The normalized spacial score (nSPS) is 15.2. The molecule has 3 heterocycles. The first-order chi connectivity index (χ1) is 15.7. The van der Waals surface area contributed by atoms with Gasteiger partial charge in [-0.3, -0.25) is 4.79 Å². The van der Waals surface area contributed by atoms with E-state index in [1.54, 1.807) is 4.57 Å². The van der Waals surface area contributed by atoms with Crippen molar-refractivity contribution in [2.45, 2.75) is 19.4 Å². The molecule has 6 nitrogen and oxygen atoms in total. The second-order valence-corrected chi connectivity index (χ2v) is 8.02. The molecular weight excluding hydrogens is 400 g/mol. The first-order valence-corrected chi connectivity index (χ1v) is 10.6. The van der Waals surface area contributed by atoms with E-state index in [-0.39, 0.29) is 5.91 Å². The second kappa shape index (κ2) is 7.20. The van der Waals surface area contributed by atoms with E-state index in [0.29, 0.717) is 12.4 Å². The van der Waals surface area contributed by atoms with E-state index < -0.39 is 6.10 Å². The first-order valence-electron chi connectivity index (χ1n) is 10.6. The SMILES string of the molecule is Cc1ccc(-c2nn(-c3ccccc3)cc2CC2Oc3nc4ccccc4n3C2=O)cc1. The topological polar surface area (TPSA) is 61.9 Å². The van der Waals surface area contributed by atoms with Crippen molar-refractivity contribution in [3.8, 4) is 23.0 Å². The highest BCUT2D eigenvalue weighted by Crippen LogP contribution is 2.31. The molecule has 0 fully saturated rings. The van der Waals surface area contributed by atoms with Crippen LogP contribution < -0.4 is 4.74 Å². The van der Waals surface area contributed by atoms with Crippen LogP contribution in [0, 0.1) is 6.92 Å². The molecule has 1 aliphatic rings. The first kappa shape index (κ1) is 18.6. The summed E-state index contributed by atoms with van der Waals surface area (Å²) in [5.74, 6) is -0.101. The Hall–Kier alpha value is -4.19. The Balaban J connectivity index is 1.39. The molecule has 32 heavy (non-hydrogen) atoms. The largest absolute Gasteiger partial charge is 0.450 e. The molecule has 0 bridgehead atoms. The molecule has 1 atom stereocenters. The highest BCUT2D eigenvalue weighted by molar-refractivity contribution is 5.96. The highest BCUT2D eigenvalue weighted by Gasteiger charge is 2.36. The van der Waals surface area contributed by atoms with E-state index in [0.717, 1.165) is 33.5 Å². The van der Waals surface area contributed by atoms with Crippen LogP contribution in [0.15, 0.2) is 85.1 Å². The number of aryl methyl sites for hydroxylation is 1. The summed E-state index contributed by atoms with van der Waals surface area (Å²) in [4.78, 5) is 17.7. The third kappa shape index (κ3) is 3.00. The molecule has 0 amide bonds. The predicted octanol–water partition coefficient (Wildman–Crippen LogP) is 4.84.